The van der Waals surface area contributed by atoms with Gasteiger partial charge >= 0.3 is 0 Å². The first-order valence-electron chi connectivity index (χ1n) is 6.65. The number of hydrogen-bond donors (Lipinski definition) is 1. The van der Waals surface area contributed by atoms with Crippen molar-refractivity contribution in [2.45, 2.75) is 45.2 Å². The van der Waals surface area contributed by atoms with E-state index in [-0.39, 0.29) is 0 Å². The molecule has 1 aromatic rings. The predicted molar refractivity (Wildman–Crippen MR) is 68.0 cm³/mol. The van der Waals surface area contributed by atoms with Crippen LogP contribution >= 0.6 is 0 Å². The van der Waals surface area contributed by atoms with Gasteiger partial charge in [0.05, 0.1) is 6.61 Å². The molecule has 0 amide bonds. The van der Waals surface area contributed by atoms with E-state index in [1.807, 2.05) is 19.3 Å². The van der Waals surface area contributed by atoms with Crippen LogP contribution in [0, 0.1) is 6.92 Å². The fraction of sp³-hybridized carbons (Fsp3) is 0.769. The van der Waals surface area contributed by atoms with Crippen LogP contribution in [-0.4, -0.2) is 35.4 Å². The van der Waals surface area contributed by atoms with Crippen molar-refractivity contribution in [3.05, 3.63) is 18.2 Å². The van der Waals surface area contributed by atoms with Gasteiger partial charge in [-0.1, -0.05) is 6.42 Å². The molecule has 1 N–H and O–H groups in total. The number of hydrogen-bond acceptors (Lipinski definition) is 3. The average molecular weight is 237 g/mol. The van der Waals surface area contributed by atoms with E-state index in [1.165, 1.54) is 25.8 Å². The predicted octanol–water partition coefficient (Wildman–Crippen LogP) is 1.74. The van der Waals surface area contributed by atoms with Crippen LogP contribution in [0.4, 0.5) is 0 Å². The number of ether oxygens (including phenoxy) is 1. The Labute approximate surface area is 103 Å². The highest BCUT2D eigenvalue weighted by Crippen LogP contribution is 2.09. The van der Waals surface area contributed by atoms with Crippen LogP contribution in [0.5, 0.6) is 0 Å². The average Bonchev–Trinajstić information content (AvgIpc) is 2.76. The van der Waals surface area contributed by atoms with E-state index in [1.54, 1.807) is 0 Å². The maximum absolute atomic E-state index is 5.68. The van der Waals surface area contributed by atoms with Crippen molar-refractivity contribution in [1.82, 2.24) is 14.9 Å². The number of imidazole rings is 1. The summed E-state index contributed by atoms with van der Waals surface area (Å²) in [4.78, 5) is 4.19. The Hall–Kier alpha value is -0.870. The smallest absolute Gasteiger partial charge is 0.105 e. The molecule has 1 aliphatic rings. The number of nitrogens with one attached hydrogen (secondary N) is 1. The van der Waals surface area contributed by atoms with Crippen LogP contribution in [0.2, 0.25) is 0 Å². The zero-order valence-electron chi connectivity index (χ0n) is 10.7. The van der Waals surface area contributed by atoms with Gasteiger partial charge in [-0.2, -0.15) is 0 Å². The van der Waals surface area contributed by atoms with Gasteiger partial charge < -0.3 is 14.6 Å². The number of piperidine rings is 1. The fourth-order valence-corrected chi connectivity index (χ4v) is 2.30. The summed E-state index contributed by atoms with van der Waals surface area (Å²) in [7, 11) is 0. The summed E-state index contributed by atoms with van der Waals surface area (Å²) in [5.41, 5.74) is 0. The molecule has 1 aromatic heterocycles. The molecular formula is C13H23N3O. The molecule has 0 spiro atoms. The molecule has 0 saturated carbocycles. The summed E-state index contributed by atoms with van der Waals surface area (Å²) in [5, 5.41) is 3.54. The second-order valence-corrected chi connectivity index (χ2v) is 4.72. The number of rotatable bonds is 6. The largest absolute Gasteiger partial charge is 0.380 e. The van der Waals surface area contributed by atoms with Crippen molar-refractivity contribution < 1.29 is 4.74 Å². The van der Waals surface area contributed by atoms with E-state index in [4.69, 9.17) is 4.74 Å². The van der Waals surface area contributed by atoms with Gasteiger partial charge in [0.1, 0.15) is 5.82 Å². The maximum atomic E-state index is 5.68. The number of aromatic nitrogens is 2. The van der Waals surface area contributed by atoms with Crippen molar-refractivity contribution in [3.63, 3.8) is 0 Å². The molecule has 1 aliphatic heterocycles. The standard InChI is InChI=1S/C13H23N3O/c1-12-14-7-8-16(12)9-11-17-10-5-13-4-2-3-6-15-13/h7-8,13,15H,2-6,9-11H2,1H3. The van der Waals surface area contributed by atoms with Gasteiger partial charge in [0.25, 0.3) is 0 Å². The van der Waals surface area contributed by atoms with Crippen molar-refractivity contribution in [3.8, 4) is 0 Å². The van der Waals surface area contributed by atoms with Gasteiger partial charge in [-0.25, -0.2) is 4.98 Å². The van der Waals surface area contributed by atoms with Gasteiger partial charge in [0, 0.05) is 31.6 Å². The summed E-state index contributed by atoms with van der Waals surface area (Å²) >= 11 is 0. The fourth-order valence-electron chi connectivity index (χ4n) is 2.30. The molecule has 1 fully saturated rings. The maximum Gasteiger partial charge on any atom is 0.105 e. The quantitative estimate of drug-likeness (QED) is 0.766. The van der Waals surface area contributed by atoms with E-state index in [9.17, 15) is 0 Å². The lowest BCUT2D eigenvalue weighted by molar-refractivity contribution is 0.113. The molecule has 1 saturated heterocycles. The number of nitrogens with zero attached hydrogens (tertiary/aromatic N) is 2. The van der Waals surface area contributed by atoms with E-state index in [0.29, 0.717) is 6.04 Å². The van der Waals surface area contributed by atoms with E-state index in [0.717, 1.165) is 32.0 Å². The van der Waals surface area contributed by atoms with Gasteiger partial charge in [-0.15, -0.1) is 0 Å². The minimum absolute atomic E-state index is 0.679. The Bertz CT molecular complexity index is 318. The molecule has 2 rings (SSSR count). The van der Waals surface area contributed by atoms with Crippen LogP contribution in [0.1, 0.15) is 31.5 Å². The third-order valence-corrected chi connectivity index (χ3v) is 3.42. The van der Waals surface area contributed by atoms with Crippen LogP contribution in [0.25, 0.3) is 0 Å². The van der Waals surface area contributed by atoms with Gasteiger partial charge in [0.2, 0.25) is 0 Å². The molecule has 17 heavy (non-hydrogen) atoms. The Morgan fingerprint density at radius 2 is 2.41 bits per heavy atom. The second kappa shape index (κ2) is 6.77. The topological polar surface area (TPSA) is 39.1 Å². The van der Waals surface area contributed by atoms with Gasteiger partial charge in [-0.3, -0.25) is 0 Å². The minimum atomic E-state index is 0.679. The molecule has 4 nitrogen and oxygen atoms in total. The van der Waals surface area contributed by atoms with Crippen molar-refractivity contribution in [2.75, 3.05) is 19.8 Å². The SMILES string of the molecule is Cc1nccn1CCOCCC1CCCCN1. The Morgan fingerprint density at radius 1 is 1.47 bits per heavy atom. The van der Waals surface area contributed by atoms with Crippen molar-refractivity contribution >= 4 is 0 Å². The second-order valence-electron chi connectivity index (χ2n) is 4.72. The minimum Gasteiger partial charge on any atom is -0.380 e. The molecule has 2 heterocycles. The molecule has 0 bridgehead atoms. The van der Waals surface area contributed by atoms with Crippen molar-refractivity contribution in [2.24, 2.45) is 0 Å². The molecule has 1 unspecified atom stereocenters. The van der Waals surface area contributed by atoms with Gasteiger partial charge in [-0.05, 0) is 32.7 Å². The Balaban J connectivity index is 1.53. The first-order chi connectivity index (χ1) is 8.36. The third kappa shape index (κ3) is 4.13. The van der Waals surface area contributed by atoms with Crippen LogP contribution in [0.15, 0.2) is 12.4 Å². The molecule has 1 atom stereocenters. The molecule has 0 aromatic carbocycles. The summed E-state index contributed by atoms with van der Waals surface area (Å²) in [6, 6.07) is 0.679. The third-order valence-electron chi connectivity index (χ3n) is 3.42. The van der Waals surface area contributed by atoms with Crippen LogP contribution in [-0.2, 0) is 11.3 Å². The highest BCUT2D eigenvalue weighted by atomic mass is 16.5. The highest BCUT2D eigenvalue weighted by molar-refractivity contribution is 4.87. The molecule has 96 valence electrons. The first kappa shape index (κ1) is 12.6. The van der Waals surface area contributed by atoms with Crippen molar-refractivity contribution in [1.29, 1.82) is 0 Å². The molecule has 4 heteroatoms. The number of aryl methyl sites for hydroxylation is 1. The zero-order chi connectivity index (χ0) is 11.9. The Morgan fingerprint density at radius 3 is 3.12 bits per heavy atom. The normalized spacial score (nSPS) is 20.6. The lowest BCUT2D eigenvalue weighted by Crippen LogP contribution is -2.34. The summed E-state index contributed by atoms with van der Waals surface area (Å²) in [6.45, 7) is 5.75. The highest BCUT2D eigenvalue weighted by Gasteiger charge is 2.11. The lowest BCUT2D eigenvalue weighted by Gasteiger charge is -2.23. The Kier molecular flexibility index (Phi) is 5.01. The molecule has 0 radical (unpaired) electrons. The summed E-state index contributed by atoms with van der Waals surface area (Å²) < 4.78 is 7.80. The summed E-state index contributed by atoms with van der Waals surface area (Å²) in [5.74, 6) is 1.06. The molecular weight excluding hydrogens is 214 g/mol. The molecule has 0 aliphatic carbocycles. The van der Waals surface area contributed by atoms with E-state index < -0.39 is 0 Å². The van der Waals surface area contributed by atoms with E-state index >= 15 is 0 Å². The first-order valence-corrected chi connectivity index (χ1v) is 6.65. The summed E-state index contributed by atoms with van der Waals surface area (Å²) in [6.07, 6.45) is 8.98. The zero-order valence-corrected chi connectivity index (χ0v) is 10.7. The van der Waals surface area contributed by atoms with Crippen LogP contribution < -0.4 is 5.32 Å². The van der Waals surface area contributed by atoms with Crippen LogP contribution in [0.3, 0.4) is 0 Å². The lowest BCUT2D eigenvalue weighted by atomic mass is 10.0. The van der Waals surface area contributed by atoms with E-state index in [2.05, 4.69) is 14.9 Å². The monoisotopic (exact) mass is 237 g/mol. The van der Waals surface area contributed by atoms with Gasteiger partial charge in [0.15, 0.2) is 0 Å².